The van der Waals surface area contributed by atoms with Gasteiger partial charge in [0.15, 0.2) is 0 Å². The summed E-state index contributed by atoms with van der Waals surface area (Å²) in [6.45, 7) is 12.4. The average molecular weight is 324 g/mol. The molecule has 0 radical (unpaired) electrons. The van der Waals surface area contributed by atoms with Gasteiger partial charge in [-0.05, 0) is 52.5 Å². The first-order valence-corrected chi connectivity index (χ1v) is 8.44. The van der Waals surface area contributed by atoms with Gasteiger partial charge in [0.2, 0.25) is 0 Å². The monoisotopic (exact) mass is 324 g/mol. The van der Waals surface area contributed by atoms with Crippen molar-refractivity contribution >= 4 is 6.09 Å². The van der Waals surface area contributed by atoms with Crippen LogP contribution in [0.3, 0.4) is 0 Å². The summed E-state index contributed by atoms with van der Waals surface area (Å²) in [6.07, 6.45) is 5.45. The molecule has 1 aromatic heterocycles. The van der Waals surface area contributed by atoms with Gasteiger partial charge < -0.3 is 15.4 Å². The number of amides is 1. The van der Waals surface area contributed by atoms with Crippen LogP contribution in [0.15, 0.2) is 18.5 Å². The minimum atomic E-state index is -0.442. The van der Waals surface area contributed by atoms with Crippen molar-refractivity contribution in [2.45, 2.75) is 65.6 Å². The van der Waals surface area contributed by atoms with E-state index < -0.39 is 5.60 Å². The van der Waals surface area contributed by atoms with Gasteiger partial charge in [-0.3, -0.25) is 4.68 Å². The third-order valence-electron chi connectivity index (χ3n) is 3.45. The van der Waals surface area contributed by atoms with E-state index in [1.165, 1.54) is 0 Å². The quantitative estimate of drug-likeness (QED) is 0.733. The highest BCUT2D eigenvalue weighted by molar-refractivity contribution is 5.67. The average Bonchev–Trinajstić information content (AvgIpc) is 2.89. The van der Waals surface area contributed by atoms with E-state index in [0.29, 0.717) is 18.5 Å². The molecule has 0 aliphatic heterocycles. The summed E-state index contributed by atoms with van der Waals surface area (Å²) >= 11 is 0. The number of alkyl carbamates (subject to hydrolysis) is 1. The van der Waals surface area contributed by atoms with Crippen LogP contribution >= 0.6 is 0 Å². The van der Waals surface area contributed by atoms with Crippen LogP contribution in [0.4, 0.5) is 4.79 Å². The second-order valence-electron chi connectivity index (χ2n) is 7.18. The predicted octanol–water partition coefficient (Wildman–Crippen LogP) is 2.80. The number of carbonyl (C=O) groups excluding carboxylic acids is 1. The third kappa shape index (κ3) is 9.94. The summed E-state index contributed by atoms with van der Waals surface area (Å²) in [6, 6.07) is 2.38. The first kappa shape index (κ1) is 19.5. The summed E-state index contributed by atoms with van der Waals surface area (Å²) < 4.78 is 7.14. The van der Waals surface area contributed by atoms with E-state index in [9.17, 15) is 4.79 Å². The van der Waals surface area contributed by atoms with Crippen LogP contribution in [0.5, 0.6) is 0 Å². The van der Waals surface area contributed by atoms with E-state index >= 15 is 0 Å². The lowest BCUT2D eigenvalue weighted by Crippen LogP contribution is -2.34. The molecule has 6 heteroatoms. The second kappa shape index (κ2) is 9.55. The second-order valence-corrected chi connectivity index (χ2v) is 7.18. The number of carbonyl (C=O) groups is 1. The molecular weight excluding hydrogens is 292 g/mol. The molecule has 2 atom stereocenters. The standard InChI is InChI=1S/C17H32N4O2/c1-14(7-9-19-16(22)23-17(3,4)5)13-15(2)18-10-12-21-11-6-8-20-21/h6,8,11,14-15,18H,7,9-10,12-13H2,1-5H3,(H,19,22). The van der Waals surface area contributed by atoms with E-state index in [1.54, 1.807) is 6.20 Å². The van der Waals surface area contributed by atoms with E-state index in [1.807, 2.05) is 37.7 Å². The van der Waals surface area contributed by atoms with Gasteiger partial charge in [-0.25, -0.2) is 4.79 Å². The van der Waals surface area contributed by atoms with Crippen molar-refractivity contribution in [1.29, 1.82) is 0 Å². The molecule has 0 saturated carbocycles. The van der Waals surface area contributed by atoms with E-state index in [0.717, 1.165) is 25.9 Å². The van der Waals surface area contributed by atoms with Crippen molar-refractivity contribution in [3.8, 4) is 0 Å². The molecule has 132 valence electrons. The summed E-state index contributed by atoms with van der Waals surface area (Å²) in [7, 11) is 0. The van der Waals surface area contributed by atoms with E-state index in [-0.39, 0.29) is 6.09 Å². The first-order valence-electron chi connectivity index (χ1n) is 8.44. The minimum Gasteiger partial charge on any atom is -0.444 e. The lowest BCUT2D eigenvalue weighted by Gasteiger charge is -2.21. The molecule has 1 rings (SSSR count). The lowest BCUT2D eigenvalue weighted by molar-refractivity contribution is 0.0525. The Balaban J connectivity index is 2.08. The van der Waals surface area contributed by atoms with Crippen molar-refractivity contribution in [2.75, 3.05) is 13.1 Å². The first-order chi connectivity index (χ1) is 10.8. The molecule has 0 saturated heterocycles. The Morgan fingerprint density at radius 3 is 2.65 bits per heavy atom. The van der Waals surface area contributed by atoms with Crippen molar-refractivity contribution < 1.29 is 9.53 Å². The van der Waals surface area contributed by atoms with Crippen molar-refractivity contribution in [3.63, 3.8) is 0 Å². The maximum absolute atomic E-state index is 11.6. The van der Waals surface area contributed by atoms with Crippen LogP contribution in [-0.4, -0.2) is 40.6 Å². The molecule has 2 N–H and O–H groups in total. The number of nitrogens with zero attached hydrogens (tertiary/aromatic N) is 2. The van der Waals surface area contributed by atoms with Crippen LogP contribution in [0.1, 0.15) is 47.5 Å². The minimum absolute atomic E-state index is 0.338. The summed E-state index contributed by atoms with van der Waals surface area (Å²) in [5.41, 5.74) is -0.442. The Bertz CT molecular complexity index is 440. The van der Waals surface area contributed by atoms with Crippen LogP contribution in [0, 0.1) is 5.92 Å². The fraction of sp³-hybridized carbons (Fsp3) is 0.765. The SMILES string of the molecule is CC(CCNC(=O)OC(C)(C)C)CC(C)NCCn1cccn1. The van der Waals surface area contributed by atoms with Crippen molar-refractivity contribution in [3.05, 3.63) is 18.5 Å². The van der Waals surface area contributed by atoms with Crippen molar-refractivity contribution in [1.82, 2.24) is 20.4 Å². The molecule has 0 aliphatic carbocycles. The normalized spacial score (nSPS) is 14.3. The van der Waals surface area contributed by atoms with E-state index in [4.69, 9.17) is 4.74 Å². The Morgan fingerprint density at radius 2 is 2.04 bits per heavy atom. The topological polar surface area (TPSA) is 68.2 Å². The van der Waals surface area contributed by atoms with Crippen LogP contribution in [-0.2, 0) is 11.3 Å². The van der Waals surface area contributed by atoms with Crippen molar-refractivity contribution in [2.24, 2.45) is 5.92 Å². The Kier molecular flexibility index (Phi) is 8.09. The molecule has 1 heterocycles. The van der Waals surface area contributed by atoms with Gasteiger partial charge in [0.05, 0.1) is 6.54 Å². The molecule has 1 aromatic rings. The highest BCUT2D eigenvalue weighted by atomic mass is 16.6. The van der Waals surface area contributed by atoms with E-state index in [2.05, 4.69) is 29.6 Å². The Hall–Kier alpha value is -1.56. The number of rotatable bonds is 9. The maximum Gasteiger partial charge on any atom is 0.407 e. The molecule has 0 aromatic carbocycles. The van der Waals surface area contributed by atoms with Gasteiger partial charge in [-0.2, -0.15) is 5.10 Å². The third-order valence-corrected chi connectivity index (χ3v) is 3.45. The summed E-state index contributed by atoms with van der Waals surface area (Å²) in [4.78, 5) is 11.6. The van der Waals surface area contributed by atoms with Gasteiger partial charge in [0.25, 0.3) is 0 Å². The molecule has 0 spiro atoms. The molecule has 1 amide bonds. The molecule has 0 bridgehead atoms. The zero-order chi connectivity index (χ0) is 17.3. The molecular formula is C17H32N4O2. The maximum atomic E-state index is 11.6. The number of hydrogen-bond donors (Lipinski definition) is 2. The van der Waals surface area contributed by atoms with Crippen LogP contribution in [0.25, 0.3) is 0 Å². The molecule has 2 unspecified atom stereocenters. The highest BCUT2D eigenvalue weighted by Gasteiger charge is 2.16. The lowest BCUT2D eigenvalue weighted by atomic mass is 9.99. The summed E-state index contributed by atoms with van der Waals surface area (Å²) in [5.74, 6) is 0.539. The van der Waals surface area contributed by atoms with Gasteiger partial charge in [-0.15, -0.1) is 0 Å². The zero-order valence-electron chi connectivity index (χ0n) is 15.1. The van der Waals surface area contributed by atoms with Gasteiger partial charge in [-0.1, -0.05) is 6.92 Å². The number of aromatic nitrogens is 2. The largest absolute Gasteiger partial charge is 0.444 e. The highest BCUT2D eigenvalue weighted by Crippen LogP contribution is 2.10. The fourth-order valence-corrected chi connectivity index (χ4v) is 2.40. The Morgan fingerprint density at radius 1 is 1.30 bits per heavy atom. The van der Waals surface area contributed by atoms with Gasteiger partial charge in [0.1, 0.15) is 5.60 Å². The Labute approximate surface area is 140 Å². The summed E-state index contributed by atoms with van der Waals surface area (Å²) in [5, 5.41) is 10.5. The predicted molar refractivity (Wildman–Crippen MR) is 92.3 cm³/mol. The van der Waals surface area contributed by atoms with Crippen LogP contribution < -0.4 is 10.6 Å². The number of ether oxygens (including phenoxy) is 1. The molecule has 6 nitrogen and oxygen atoms in total. The fourth-order valence-electron chi connectivity index (χ4n) is 2.40. The molecule has 23 heavy (non-hydrogen) atoms. The zero-order valence-corrected chi connectivity index (χ0v) is 15.1. The number of nitrogens with one attached hydrogen (secondary N) is 2. The molecule has 0 aliphatic rings. The van der Waals surface area contributed by atoms with Gasteiger partial charge in [0, 0.05) is 31.5 Å². The number of hydrogen-bond acceptors (Lipinski definition) is 4. The smallest absolute Gasteiger partial charge is 0.407 e. The molecule has 0 fully saturated rings. The van der Waals surface area contributed by atoms with Crippen LogP contribution in [0.2, 0.25) is 0 Å². The van der Waals surface area contributed by atoms with Gasteiger partial charge >= 0.3 is 6.09 Å².